The van der Waals surface area contributed by atoms with E-state index in [-0.39, 0.29) is 12.1 Å². The largest absolute Gasteiger partial charge is 0.497 e. The SMILES string of the molecule is CCN1CCN2c3ccc([N+](=O)[O-])cc3C[C@@]3(C(=O)NC(=O)N(c4ccc(OC)cc4)C3=O)[C@@H]2C1. The van der Waals surface area contributed by atoms with E-state index >= 15 is 0 Å². The maximum atomic E-state index is 14.2. The molecule has 11 heteroatoms. The maximum Gasteiger partial charge on any atom is 0.335 e. The normalized spacial score (nSPS) is 24.2. The Morgan fingerprint density at radius 2 is 1.89 bits per heavy atom. The first-order valence-corrected chi connectivity index (χ1v) is 11.4. The van der Waals surface area contributed by atoms with Gasteiger partial charge < -0.3 is 9.64 Å². The van der Waals surface area contributed by atoms with E-state index in [9.17, 15) is 24.5 Å². The zero-order chi connectivity index (χ0) is 24.9. The van der Waals surface area contributed by atoms with Crippen LogP contribution in [0.5, 0.6) is 5.75 Å². The quantitative estimate of drug-likeness (QED) is 0.401. The molecule has 2 fully saturated rings. The predicted octanol–water partition coefficient (Wildman–Crippen LogP) is 1.94. The number of hydrogen-bond acceptors (Lipinski definition) is 8. The summed E-state index contributed by atoms with van der Waals surface area (Å²) in [7, 11) is 1.51. The summed E-state index contributed by atoms with van der Waals surface area (Å²) < 4.78 is 5.18. The van der Waals surface area contributed by atoms with Crippen LogP contribution >= 0.6 is 0 Å². The topological polar surface area (TPSA) is 125 Å². The van der Waals surface area contributed by atoms with E-state index in [1.165, 1.54) is 19.2 Å². The van der Waals surface area contributed by atoms with Gasteiger partial charge in [-0.1, -0.05) is 6.92 Å². The molecule has 2 atom stereocenters. The number of likely N-dealkylation sites (N-methyl/N-ethyl adjacent to an activating group) is 1. The first-order chi connectivity index (χ1) is 16.8. The number of carbonyl (C=O) groups is 3. The van der Waals surface area contributed by atoms with Crippen LogP contribution in [0.1, 0.15) is 12.5 Å². The Morgan fingerprint density at radius 1 is 1.14 bits per heavy atom. The van der Waals surface area contributed by atoms with Crippen LogP contribution in [-0.2, 0) is 16.0 Å². The fourth-order valence-corrected chi connectivity index (χ4v) is 5.43. The molecule has 182 valence electrons. The van der Waals surface area contributed by atoms with Crippen molar-refractivity contribution in [3.8, 4) is 5.75 Å². The van der Waals surface area contributed by atoms with Crippen molar-refractivity contribution in [2.45, 2.75) is 19.4 Å². The lowest BCUT2D eigenvalue weighted by atomic mass is 9.67. The molecule has 0 saturated carbocycles. The minimum absolute atomic E-state index is 0.0483. The first kappa shape index (κ1) is 22.8. The molecule has 5 rings (SSSR count). The van der Waals surface area contributed by atoms with Crippen LogP contribution < -0.4 is 19.9 Å². The smallest absolute Gasteiger partial charge is 0.335 e. The highest BCUT2D eigenvalue weighted by Crippen LogP contribution is 2.47. The highest BCUT2D eigenvalue weighted by Gasteiger charge is 2.63. The lowest BCUT2D eigenvalue weighted by molar-refractivity contribution is -0.384. The van der Waals surface area contributed by atoms with E-state index in [1.54, 1.807) is 30.3 Å². The standard InChI is InChI=1S/C24H25N5O6/c1-3-26-10-11-27-19-9-6-17(29(33)34)12-15(19)13-24(20(27)14-26)21(30)25-23(32)28(22(24)31)16-4-7-18(35-2)8-5-16/h4-9,12,20H,3,10-11,13-14H2,1-2H3,(H,25,30,32)/t20-,24-/m0/s1. The van der Waals surface area contributed by atoms with Gasteiger partial charge in [0.15, 0.2) is 5.41 Å². The Bertz CT molecular complexity index is 1230. The van der Waals surface area contributed by atoms with Gasteiger partial charge in [-0.2, -0.15) is 0 Å². The minimum Gasteiger partial charge on any atom is -0.497 e. The van der Waals surface area contributed by atoms with Gasteiger partial charge in [-0.15, -0.1) is 0 Å². The summed E-state index contributed by atoms with van der Waals surface area (Å²) in [4.78, 5) is 56.8. The summed E-state index contributed by atoms with van der Waals surface area (Å²) in [5.41, 5.74) is -0.136. The second-order valence-electron chi connectivity index (χ2n) is 8.92. The van der Waals surface area contributed by atoms with Crippen LogP contribution in [-0.4, -0.2) is 67.0 Å². The summed E-state index contributed by atoms with van der Waals surface area (Å²) in [5.74, 6) is -0.760. The van der Waals surface area contributed by atoms with Crippen LogP contribution in [0.25, 0.3) is 0 Å². The van der Waals surface area contributed by atoms with Crippen molar-refractivity contribution < 1.29 is 24.0 Å². The van der Waals surface area contributed by atoms with Gasteiger partial charge in [0.05, 0.1) is 23.8 Å². The molecule has 35 heavy (non-hydrogen) atoms. The number of nitro benzene ring substituents is 1. The van der Waals surface area contributed by atoms with Gasteiger partial charge in [-0.25, -0.2) is 9.69 Å². The zero-order valence-corrected chi connectivity index (χ0v) is 19.4. The van der Waals surface area contributed by atoms with Crippen molar-refractivity contribution in [3.63, 3.8) is 0 Å². The van der Waals surface area contributed by atoms with Crippen LogP contribution in [0, 0.1) is 15.5 Å². The van der Waals surface area contributed by atoms with Crippen LogP contribution in [0.15, 0.2) is 42.5 Å². The van der Waals surface area contributed by atoms with E-state index in [0.29, 0.717) is 30.1 Å². The Kier molecular flexibility index (Phi) is 5.43. The number of ether oxygens (including phenoxy) is 1. The van der Waals surface area contributed by atoms with Crippen molar-refractivity contribution in [3.05, 3.63) is 58.1 Å². The van der Waals surface area contributed by atoms with Crippen molar-refractivity contribution in [1.29, 1.82) is 0 Å². The number of nitro groups is 1. The van der Waals surface area contributed by atoms with Gasteiger partial charge in [0.25, 0.3) is 11.6 Å². The van der Waals surface area contributed by atoms with E-state index in [1.807, 2.05) is 11.8 Å². The van der Waals surface area contributed by atoms with Crippen molar-refractivity contribution >= 4 is 34.9 Å². The number of rotatable bonds is 4. The second-order valence-corrected chi connectivity index (χ2v) is 8.92. The number of hydrogen-bond donors (Lipinski definition) is 1. The molecule has 0 bridgehead atoms. The fraction of sp³-hybridized carbons (Fsp3) is 0.375. The molecule has 3 heterocycles. The molecular formula is C24H25N5O6. The number of carbonyl (C=O) groups excluding carboxylic acids is 3. The van der Waals surface area contributed by atoms with Gasteiger partial charge in [-0.3, -0.25) is 29.9 Å². The summed E-state index contributed by atoms with van der Waals surface area (Å²) >= 11 is 0. The molecule has 0 radical (unpaired) electrons. The third-order valence-corrected chi connectivity index (χ3v) is 7.28. The summed E-state index contributed by atoms with van der Waals surface area (Å²) in [6, 6.07) is 9.60. The molecule has 2 aromatic carbocycles. The lowest BCUT2D eigenvalue weighted by Gasteiger charge is -2.55. The monoisotopic (exact) mass is 479 g/mol. The second kappa shape index (κ2) is 8.35. The number of anilines is 2. The van der Waals surface area contributed by atoms with Gasteiger partial charge in [0.2, 0.25) is 5.91 Å². The van der Waals surface area contributed by atoms with E-state index in [2.05, 4.69) is 10.2 Å². The van der Waals surface area contributed by atoms with E-state index in [4.69, 9.17) is 4.74 Å². The molecule has 11 nitrogen and oxygen atoms in total. The number of amides is 4. The number of non-ortho nitro benzene ring substituents is 1. The average molecular weight is 479 g/mol. The van der Waals surface area contributed by atoms with E-state index < -0.39 is 34.2 Å². The molecule has 1 N–H and O–H groups in total. The average Bonchev–Trinajstić information content (AvgIpc) is 2.87. The number of barbiturate groups is 1. The van der Waals surface area contributed by atoms with Crippen molar-refractivity contribution in [2.75, 3.05) is 43.1 Å². The number of benzene rings is 2. The van der Waals surface area contributed by atoms with Gasteiger partial charge in [0.1, 0.15) is 5.75 Å². The Morgan fingerprint density at radius 3 is 2.54 bits per heavy atom. The lowest BCUT2D eigenvalue weighted by Crippen LogP contribution is -2.75. The first-order valence-electron chi connectivity index (χ1n) is 11.4. The molecule has 3 aliphatic heterocycles. The van der Waals surface area contributed by atoms with Crippen molar-refractivity contribution in [2.24, 2.45) is 5.41 Å². The number of nitrogens with zero attached hydrogens (tertiary/aromatic N) is 4. The molecule has 4 amide bonds. The molecule has 0 unspecified atom stereocenters. The molecule has 3 aliphatic rings. The molecule has 2 aromatic rings. The Hall–Kier alpha value is -3.99. The third-order valence-electron chi connectivity index (χ3n) is 7.28. The summed E-state index contributed by atoms with van der Waals surface area (Å²) in [5, 5.41) is 13.9. The van der Waals surface area contributed by atoms with Gasteiger partial charge in [-0.05, 0) is 42.4 Å². The van der Waals surface area contributed by atoms with Crippen LogP contribution in [0.2, 0.25) is 0 Å². The molecule has 0 aromatic heterocycles. The van der Waals surface area contributed by atoms with Gasteiger partial charge >= 0.3 is 6.03 Å². The third kappa shape index (κ3) is 3.42. The van der Waals surface area contributed by atoms with Crippen molar-refractivity contribution in [1.82, 2.24) is 10.2 Å². The molecule has 0 aliphatic carbocycles. The van der Waals surface area contributed by atoms with Gasteiger partial charge in [0, 0.05) is 43.9 Å². The number of urea groups is 1. The highest BCUT2D eigenvalue weighted by atomic mass is 16.6. The maximum absolute atomic E-state index is 14.2. The number of fused-ring (bicyclic) bond motifs is 4. The number of piperazine rings is 1. The molecule has 2 saturated heterocycles. The number of nitrogens with one attached hydrogen (secondary N) is 1. The highest BCUT2D eigenvalue weighted by molar-refractivity contribution is 6.30. The zero-order valence-electron chi connectivity index (χ0n) is 19.4. The number of imide groups is 2. The number of methoxy groups -OCH3 is 1. The summed E-state index contributed by atoms with van der Waals surface area (Å²) in [6.45, 7) is 4.46. The minimum atomic E-state index is -1.64. The van der Waals surface area contributed by atoms with Crippen LogP contribution in [0.3, 0.4) is 0 Å². The summed E-state index contributed by atoms with van der Waals surface area (Å²) in [6.07, 6.45) is -0.0483. The Balaban J connectivity index is 1.65. The molecule has 1 spiro atoms. The van der Waals surface area contributed by atoms with E-state index in [0.717, 1.165) is 23.7 Å². The molecular weight excluding hydrogens is 454 g/mol. The predicted molar refractivity (Wildman–Crippen MR) is 127 cm³/mol. The fourth-order valence-electron chi connectivity index (χ4n) is 5.43. The Labute approximate surface area is 201 Å². The van der Waals surface area contributed by atoms with Crippen LogP contribution in [0.4, 0.5) is 21.9 Å².